The lowest BCUT2D eigenvalue weighted by Gasteiger charge is -2.27. The van der Waals surface area contributed by atoms with Crippen molar-refractivity contribution < 1.29 is 4.79 Å². The van der Waals surface area contributed by atoms with Crippen molar-refractivity contribution in [2.24, 2.45) is 0 Å². The van der Waals surface area contributed by atoms with E-state index >= 15 is 0 Å². The summed E-state index contributed by atoms with van der Waals surface area (Å²) >= 11 is 1.60. The molecule has 0 spiro atoms. The van der Waals surface area contributed by atoms with E-state index in [0.717, 1.165) is 33.4 Å². The van der Waals surface area contributed by atoms with Gasteiger partial charge in [-0.25, -0.2) is 15.1 Å². The minimum Gasteiger partial charge on any atom is -0.382 e. The molecule has 5 rings (SSSR count). The Hall–Kier alpha value is -3.56. The van der Waals surface area contributed by atoms with E-state index in [1.54, 1.807) is 34.8 Å². The summed E-state index contributed by atoms with van der Waals surface area (Å²) < 4.78 is 3.88. The molecule has 0 radical (unpaired) electrons. The average molecular weight is 460 g/mol. The monoisotopic (exact) mass is 459 g/mol. The number of amides is 1. The van der Waals surface area contributed by atoms with Crippen molar-refractivity contribution in [1.29, 1.82) is 0 Å². The highest BCUT2D eigenvalue weighted by Gasteiger charge is 2.28. The number of nitrogens with zero attached hydrogens (tertiary/aromatic N) is 5. The van der Waals surface area contributed by atoms with E-state index in [1.165, 1.54) is 6.33 Å². The highest BCUT2D eigenvalue weighted by Crippen LogP contribution is 2.37. The Kier molecular flexibility index (Phi) is 5.89. The zero-order valence-electron chi connectivity index (χ0n) is 18.5. The minimum atomic E-state index is -0.0530. The van der Waals surface area contributed by atoms with Crippen molar-refractivity contribution in [1.82, 2.24) is 29.8 Å². The fraction of sp³-hybridized carbons (Fsp3) is 0.208. The number of nitrogens with one attached hydrogen (secondary N) is 2. The molecule has 9 heteroatoms. The summed E-state index contributed by atoms with van der Waals surface area (Å²) in [6.45, 7) is 3.41. The fourth-order valence-corrected chi connectivity index (χ4v) is 4.91. The standard InChI is InChI=1S/C24H25N7OS/c1-17-12-26-21-14-30(13-18-8-10-19(11-9-18)31-16-25-15-27-31)24(22(21)23(32)29(2)28-17)33-20-6-4-3-5-7-20/h3-11,14-17,26,28H,12-13H2,1-2H3/t17-/m1/s1. The number of carbonyl (C=O) groups excluding carboxylic acids is 1. The molecule has 0 bridgehead atoms. The molecule has 0 saturated heterocycles. The zero-order valence-corrected chi connectivity index (χ0v) is 19.3. The molecule has 0 fully saturated rings. The lowest BCUT2D eigenvalue weighted by atomic mass is 10.2. The van der Waals surface area contributed by atoms with Crippen LogP contribution in [0.5, 0.6) is 0 Å². The predicted molar refractivity (Wildman–Crippen MR) is 129 cm³/mol. The van der Waals surface area contributed by atoms with Gasteiger partial charge in [0, 0.05) is 37.3 Å². The van der Waals surface area contributed by atoms with Crippen LogP contribution in [0.15, 0.2) is 83.4 Å². The minimum absolute atomic E-state index is 0.0530. The van der Waals surface area contributed by atoms with Crippen LogP contribution in [0, 0.1) is 0 Å². The van der Waals surface area contributed by atoms with E-state index in [1.807, 2.05) is 30.3 Å². The van der Waals surface area contributed by atoms with Gasteiger partial charge >= 0.3 is 0 Å². The molecule has 1 aliphatic heterocycles. The molecule has 1 amide bonds. The van der Waals surface area contributed by atoms with Crippen molar-refractivity contribution in [2.45, 2.75) is 29.4 Å². The summed E-state index contributed by atoms with van der Waals surface area (Å²) in [6.07, 6.45) is 5.25. The second-order valence-corrected chi connectivity index (χ2v) is 9.11. The number of aromatic nitrogens is 4. The number of hydrazine groups is 1. The molecular weight excluding hydrogens is 434 g/mol. The normalized spacial score (nSPS) is 16.1. The summed E-state index contributed by atoms with van der Waals surface area (Å²) in [5.41, 5.74) is 6.86. The van der Waals surface area contributed by atoms with Crippen LogP contribution in [0.4, 0.5) is 5.69 Å². The van der Waals surface area contributed by atoms with Crippen LogP contribution < -0.4 is 10.7 Å². The van der Waals surface area contributed by atoms with Crippen molar-refractivity contribution in [3.05, 3.63) is 84.6 Å². The van der Waals surface area contributed by atoms with Gasteiger partial charge in [0.25, 0.3) is 5.91 Å². The summed E-state index contributed by atoms with van der Waals surface area (Å²) in [7, 11) is 1.78. The van der Waals surface area contributed by atoms with Crippen molar-refractivity contribution >= 4 is 23.4 Å². The molecule has 1 aliphatic rings. The molecule has 2 aromatic carbocycles. The number of benzene rings is 2. The molecule has 0 saturated carbocycles. The zero-order chi connectivity index (χ0) is 22.8. The Morgan fingerprint density at radius 1 is 1.12 bits per heavy atom. The average Bonchev–Trinajstić information content (AvgIpc) is 3.47. The smallest absolute Gasteiger partial charge is 0.272 e. The molecule has 2 aromatic heterocycles. The van der Waals surface area contributed by atoms with Gasteiger partial charge in [0.15, 0.2) is 0 Å². The SMILES string of the molecule is C[C@@H]1CNc2cn(Cc3ccc(-n4cncn4)cc3)c(Sc3ccccc3)c2C(=O)N(C)N1. The topological polar surface area (TPSA) is 80.0 Å². The molecule has 8 nitrogen and oxygen atoms in total. The van der Waals surface area contributed by atoms with E-state index in [0.29, 0.717) is 12.1 Å². The number of fused-ring (bicyclic) bond motifs is 1. The fourth-order valence-electron chi connectivity index (χ4n) is 3.86. The van der Waals surface area contributed by atoms with E-state index in [9.17, 15) is 4.79 Å². The maximum Gasteiger partial charge on any atom is 0.272 e. The molecule has 1 atom stereocenters. The molecular formula is C24H25N7OS. The summed E-state index contributed by atoms with van der Waals surface area (Å²) in [6, 6.07) is 18.5. The molecule has 33 heavy (non-hydrogen) atoms. The maximum atomic E-state index is 13.4. The Bertz CT molecular complexity index is 1240. The maximum absolute atomic E-state index is 13.4. The Morgan fingerprint density at radius 2 is 1.91 bits per heavy atom. The van der Waals surface area contributed by atoms with Crippen molar-refractivity contribution in [3.8, 4) is 5.69 Å². The predicted octanol–water partition coefficient (Wildman–Crippen LogP) is 3.66. The third-order valence-electron chi connectivity index (χ3n) is 5.49. The molecule has 4 aromatic rings. The van der Waals surface area contributed by atoms with Gasteiger partial charge in [0.2, 0.25) is 0 Å². The van der Waals surface area contributed by atoms with Crippen LogP contribution in [0.1, 0.15) is 22.8 Å². The molecule has 168 valence electrons. The summed E-state index contributed by atoms with van der Waals surface area (Å²) in [5, 5.41) is 10.2. The number of anilines is 1. The number of rotatable bonds is 5. The summed E-state index contributed by atoms with van der Waals surface area (Å²) in [5.74, 6) is -0.0530. The van der Waals surface area contributed by atoms with Crippen LogP contribution >= 0.6 is 11.8 Å². The number of hydrogen-bond donors (Lipinski definition) is 2. The van der Waals surface area contributed by atoms with E-state index < -0.39 is 0 Å². The Balaban J connectivity index is 1.52. The number of hydrogen-bond acceptors (Lipinski definition) is 6. The van der Waals surface area contributed by atoms with Crippen LogP contribution in [0.3, 0.4) is 0 Å². The van der Waals surface area contributed by atoms with Gasteiger partial charge < -0.3 is 9.88 Å². The molecule has 0 aliphatic carbocycles. The lowest BCUT2D eigenvalue weighted by Crippen LogP contribution is -2.48. The van der Waals surface area contributed by atoms with E-state index in [4.69, 9.17) is 0 Å². The Morgan fingerprint density at radius 3 is 2.64 bits per heavy atom. The largest absolute Gasteiger partial charge is 0.382 e. The van der Waals surface area contributed by atoms with Crippen molar-refractivity contribution in [2.75, 3.05) is 18.9 Å². The third-order valence-corrected chi connectivity index (χ3v) is 6.63. The second-order valence-electron chi connectivity index (χ2n) is 8.05. The first-order valence-electron chi connectivity index (χ1n) is 10.8. The third kappa shape index (κ3) is 4.50. The highest BCUT2D eigenvalue weighted by molar-refractivity contribution is 7.99. The van der Waals surface area contributed by atoms with Gasteiger partial charge in [-0.2, -0.15) is 5.10 Å². The van der Waals surface area contributed by atoms with Crippen LogP contribution in [-0.4, -0.2) is 49.9 Å². The molecule has 3 heterocycles. The second kappa shape index (κ2) is 9.13. The van der Waals surface area contributed by atoms with E-state index in [2.05, 4.69) is 62.8 Å². The summed E-state index contributed by atoms with van der Waals surface area (Å²) in [4.78, 5) is 18.5. The van der Waals surface area contributed by atoms with Crippen LogP contribution in [0.2, 0.25) is 0 Å². The van der Waals surface area contributed by atoms with Gasteiger partial charge in [0.05, 0.1) is 22.0 Å². The Labute approximate surface area is 196 Å². The molecule has 0 unspecified atom stereocenters. The first-order chi connectivity index (χ1) is 16.1. The van der Waals surface area contributed by atoms with Gasteiger partial charge in [-0.05, 0) is 36.8 Å². The lowest BCUT2D eigenvalue weighted by molar-refractivity contribution is 0.0685. The molecule has 2 N–H and O–H groups in total. The van der Waals surface area contributed by atoms with E-state index in [-0.39, 0.29) is 11.9 Å². The van der Waals surface area contributed by atoms with Gasteiger partial charge in [0.1, 0.15) is 12.7 Å². The van der Waals surface area contributed by atoms with Crippen molar-refractivity contribution in [3.63, 3.8) is 0 Å². The highest BCUT2D eigenvalue weighted by atomic mass is 32.2. The first kappa shape index (κ1) is 21.3. The van der Waals surface area contributed by atoms with Crippen LogP contribution in [-0.2, 0) is 6.54 Å². The van der Waals surface area contributed by atoms with Crippen LogP contribution in [0.25, 0.3) is 5.69 Å². The van der Waals surface area contributed by atoms with Gasteiger partial charge in [-0.3, -0.25) is 9.80 Å². The number of carbonyl (C=O) groups is 1. The van der Waals surface area contributed by atoms with Gasteiger partial charge in [-0.15, -0.1) is 0 Å². The quantitative estimate of drug-likeness (QED) is 0.474. The van der Waals surface area contributed by atoms with Gasteiger partial charge in [-0.1, -0.05) is 42.1 Å². The first-order valence-corrected chi connectivity index (χ1v) is 11.6.